The van der Waals surface area contributed by atoms with Gasteiger partial charge in [-0.1, -0.05) is 269 Å². The minimum Gasteiger partial charge on any atom is -0.466 e. The van der Waals surface area contributed by atoms with Crippen molar-refractivity contribution in [3.63, 3.8) is 0 Å². The highest BCUT2D eigenvalue weighted by molar-refractivity contribution is 5.76. The average molecular weight is 917 g/mol. The first-order valence-electron chi connectivity index (χ1n) is 29.1. The van der Waals surface area contributed by atoms with Gasteiger partial charge in [0.15, 0.2) is 0 Å². The third kappa shape index (κ3) is 51.6. The number of hydrogen-bond donors (Lipinski definition) is 3. The predicted molar refractivity (Wildman–Crippen MR) is 283 cm³/mol. The van der Waals surface area contributed by atoms with Crippen molar-refractivity contribution in [3.8, 4) is 0 Å². The van der Waals surface area contributed by atoms with E-state index < -0.39 is 12.1 Å². The van der Waals surface area contributed by atoms with Gasteiger partial charge in [0.05, 0.1) is 25.4 Å². The fourth-order valence-corrected chi connectivity index (χ4v) is 9.04. The molecule has 2 unspecified atom stereocenters. The molecule has 0 aliphatic rings. The Balaban J connectivity index is 3.51. The number of carbonyl (C=O) groups is 2. The van der Waals surface area contributed by atoms with Crippen molar-refractivity contribution >= 4 is 11.9 Å². The van der Waals surface area contributed by atoms with E-state index in [1.165, 1.54) is 205 Å². The second kappa shape index (κ2) is 54.9. The average Bonchev–Trinajstić information content (AvgIpc) is 3.31. The topological polar surface area (TPSA) is 95.9 Å². The van der Waals surface area contributed by atoms with Gasteiger partial charge in [-0.2, -0.15) is 0 Å². The lowest BCUT2D eigenvalue weighted by Crippen LogP contribution is -2.45. The van der Waals surface area contributed by atoms with E-state index in [2.05, 4.69) is 43.5 Å². The quantitative estimate of drug-likeness (QED) is 0.0321. The number of hydrogen-bond acceptors (Lipinski definition) is 5. The van der Waals surface area contributed by atoms with E-state index in [1.54, 1.807) is 0 Å². The molecule has 0 saturated heterocycles. The molecule has 0 radical (unpaired) electrons. The first-order chi connectivity index (χ1) is 32.0. The van der Waals surface area contributed by atoms with E-state index >= 15 is 0 Å². The van der Waals surface area contributed by atoms with Crippen LogP contribution in [-0.2, 0) is 14.3 Å². The van der Waals surface area contributed by atoms with Crippen LogP contribution >= 0.6 is 0 Å². The van der Waals surface area contributed by atoms with E-state index in [-0.39, 0.29) is 18.5 Å². The zero-order chi connectivity index (χ0) is 47.2. The molecule has 0 bridgehead atoms. The number of unbranched alkanes of at least 4 members (excludes halogenated alkanes) is 40. The van der Waals surface area contributed by atoms with Crippen LogP contribution < -0.4 is 5.32 Å². The largest absolute Gasteiger partial charge is 0.466 e. The predicted octanol–water partition coefficient (Wildman–Crippen LogP) is 17.9. The zero-order valence-electron chi connectivity index (χ0n) is 43.7. The Hall–Kier alpha value is -1.66. The molecule has 384 valence electrons. The molecule has 0 aromatic carbocycles. The molecule has 0 aromatic heterocycles. The highest BCUT2D eigenvalue weighted by Gasteiger charge is 2.20. The smallest absolute Gasteiger partial charge is 0.305 e. The molecular formula is C59H113NO5. The van der Waals surface area contributed by atoms with Crippen molar-refractivity contribution in [3.05, 3.63) is 24.3 Å². The molecule has 0 heterocycles. The summed E-state index contributed by atoms with van der Waals surface area (Å²) in [6.07, 6.45) is 66.0. The van der Waals surface area contributed by atoms with Gasteiger partial charge in [0.2, 0.25) is 5.91 Å². The van der Waals surface area contributed by atoms with Crippen LogP contribution in [0.2, 0.25) is 0 Å². The van der Waals surface area contributed by atoms with E-state index in [4.69, 9.17) is 4.74 Å². The van der Waals surface area contributed by atoms with Crippen LogP contribution in [0.15, 0.2) is 24.3 Å². The number of aliphatic hydroxyl groups is 2. The molecule has 0 aromatic rings. The van der Waals surface area contributed by atoms with Gasteiger partial charge in [0.1, 0.15) is 0 Å². The second-order valence-electron chi connectivity index (χ2n) is 20.0. The Labute approximate surface area is 405 Å². The maximum atomic E-state index is 12.5. The maximum Gasteiger partial charge on any atom is 0.305 e. The fourth-order valence-electron chi connectivity index (χ4n) is 9.04. The molecular weight excluding hydrogens is 803 g/mol. The van der Waals surface area contributed by atoms with Crippen LogP contribution in [0.3, 0.4) is 0 Å². The minimum atomic E-state index is -0.679. The molecule has 6 nitrogen and oxygen atoms in total. The number of aliphatic hydroxyl groups excluding tert-OH is 2. The Bertz CT molecular complexity index is 1010. The molecule has 0 saturated carbocycles. The van der Waals surface area contributed by atoms with Gasteiger partial charge in [0, 0.05) is 12.8 Å². The van der Waals surface area contributed by atoms with Gasteiger partial charge in [-0.05, 0) is 57.8 Å². The van der Waals surface area contributed by atoms with Crippen LogP contribution in [0.4, 0.5) is 0 Å². The van der Waals surface area contributed by atoms with Crippen LogP contribution in [0, 0.1) is 0 Å². The first kappa shape index (κ1) is 63.3. The number of rotatable bonds is 54. The number of nitrogens with one attached hydrogen (secondary N) is 1. The van der Waals surface area contributed by atoms with Gasteiger partial charge in [-0.3, -0.25) is 9.59 Å². The molecule has 0 fully saturated rings. The van der Waals surface area contributed by atoms with Crippen molar-refractivity contribution in [1.82, 2.24) is 5.32 Å². The van der Waals surface area contributed by atoms with E-state index in [9.17, 15) is 19.8 Å². The van der Waals surface area contributed by atoms with E-state index in [1.807, 2.05) is 0 Å². The van der Waals surface area contributed by atoms with Crippen LogP contribution in [-0.4, -0.2) is 47.4 Å². The third-order valence-corrected chi connectivity index (χ3v) is 13.5. The summed E-state index contributed by atoms with van der Waals surface area (Å²) in [5, 5.41) is 23.3. The highest BCUT2D eigenvalue weighted by Crippen LogP contribution is 2.17. The summed E-state index contributed by atoms with van der Waals surface area (Å²) >= 11 is 0. The Morgan fingerprint density at radius 3 is 1.14 bits per heavy atom. The summed E-state index contributed by atoms with van der Waals surface area (Å²) in [5.41, 5.74) is 0. The Morgan fingerprint density at radius 1 is 0.431 bits per heavy atom. The Morgan fingerprint density at radius 2 is 0.754 bits per heavy atom. The zero-order valence-corrected chi connectivity index (χ0v) is 43.7. The number of amides is 1. The summed E-state index contributed by atoms with van der Waals surface area (Å²) < 4.78 is 5.44. The Kier molecular flexibility index (Phi) is 53.5. The minimum absolute atomic E-state index is 0.0204. The third-order valence-electron chi connectivity index (χ3n) is 13.5. The standard InChI is InChI=1S/C59H113NO5/c1-3-5-7-9-11-13-15-17-18-19-20-21-22-23-25-28-31-35-39-43-47-51-57(62)56(55-61)60-58(63)52-48-44-40-36-32-29-26-24-27-30-34-38-42-46-50-54-65-59(64)53-49-45-41-37-33-16-14-12-10-8-6-4-2/h24,27,30,34,56-57,61-62H,3-23,25-26,28-29,31-33,35-55H2,1-2H3,(H,60,63)/b27-24-,34-30-. The number of allylic oxidation sites excluding steroid dienone is 4. The molecule has 0 spiro atoms. The van der Waals surface area contributed by atoms with Gasteiger partial charge in [0.25, 0.3) is 0 Å². The van der Waals surface area contributed by atoms with Crippen molar-refractivity contribution in [2.45, 2.75) is 328 Å². The summed E-state index contributed by atoms with van der Waals surface area (Å²) in [6.45, 7) is 4.91. The van der Waals surface area contributed by atoms with Crippen LogP contribution in [0.1, 0.15) is 316 Å². The monoisotopic (exact) mass is 916 g/mol. The molecule has 65 heavy (non-hydrogen) atoms. The van der Waals surface area contributed by atoms with Gasteiger partial charge in [-0.15, -0.1) is 0 Å². The van der Waals surface area contributed by atoms with Gasteiger partial charge >= 0.3 is 5.97 Å². The molecule has 2 atom stereocenters. The lowest BCUT2D eigenvalue weighted by atomic mass is 10.0. The summed E-state index contributed by atoms with van der Waals surface area (Å²) in [4.78, 5) is 24.5. The van der Waals surface area contributed by atoms with Crippen molar-refractivity contribution in [1.29, 1.82) is 0 Å². The van der Waals surface area contributed by atoms with Crippen molar-refractivity contribution < 1.29 is 24.5 Å². The highest BCUT2D eigenvalue weighted by atomic mass is 16.5. The maximum absolute atomic E-state index is 12.5. The van der Waals surface area contributed by atoms with E-state index in [0.29, 0.717) is 25.9 Å². The van der Waals surface area contributed by atoms with E-state index in [0.717, 1.165) is 77.0 Å². The molecule has 0 rings (SSSR count). The first-order valence-corrected chi connectivity index (χ1v) is 29.1. The fraction of sp³-hybridized carbons (Fsp3) is 0.898. The second-order valence-corrected chi connectivity index (χ2v) is 20.0. The normalized spacial score (nSPS) is 12.7. The summed E-state index contributed by atoms with van der Waals surface area (Å²) in [7, 11) is 0. The van der Waals surface area contributed by atoms with Crippen LogP contribution in [0.5, 0.6) is 0 Å². The number of carbonyl (C=O) groups excluding carboxylic acids is 2. The molecule has 0 aliphatic heterocycles. The van der Waals surface area contributed by atoms with Crippen molar-refractivity contribution in [2.24, 2.45) is 0 Å². The lowest BCUT2D eigenvalue weighted by molar-refractivity contribution is -0.143. The van der Waals surface area contributed by atoms with Gasteiger partial charge in [-0.25, -0.2) is 0 Å². The lowest BCUT2D eigenvalue weighted by Gasteiger charge is -2.22. The molecule has 3 N–H and O–H groups in total. The number of ether oxygens (including phenoxy) is 1. The molecule has 6 heteroatoms. The number of esters is 1. The molecule has 1 amide bonds. The van der Waals surface area contributed by atoms with Crippen molar-refractivity contribution in [2.75, 3.05) is 13.2 Å². The summed E-state index contributed by atoms with van der Waals surface area (Å²) in [5.74, 6) is -0.0751. The molecule has 0 aliphatic carbocycles. The SMILES string of the molecule is CCCCCCCCCCCCCCCCCCCCCCCC(O)C(CO)NC(=O)CCCCCCCC/C=C\C=C/CCCCCOC(=O)CCCCCCCCCCCCCC. The van der Waals surface area contributed by atoms with Gasteiger partial charge < -0.3 is 20.3 Å². The van der Waals surface area contributed by atoms with Crippen LogP contribution in [0.25, 0.3) is 0 Å². The summed E-state index contributed by atoms with van der Waals surface area (Å²) in [6, 6.07) is -0.558.